The Morgan fingerprint density at radius 1 is 1.00 bits per heavy atom. The van der Waals surface area contributed by atoms with Crippen LogP contribution in [0.4, 0.5) is 5.69 Å². The van der Waals surface area contributed by atoms with E-state index in [2.05, 4.69) is 26.6 Å². The molecule has 0 radical (unpaired) electrons. The third-order valence-electron chi connectivity index (χ3n) is 3.51. The largest absolute Gasteiger partial charge is 0.493 e. The molecule has 0 aliphatic rings. The van der Waals surface area contributed by atoms with Crippen LogP contribution in [0.15, 0.2) is 40.9 Å². The quantitative estimate of drug-likeness (QED) is 0.701. The molecule has 1 amide bonds. The lowest BCUT2D eigenvalue weighted by Gasteiger charge is -2.14. The molecule has 2 N–H and O–H groups in total. The van der Waals surface area contributed by atoms with E-state index in [0.29, 0.717) is 23.8 Å². The second kappa shape index (κ2) is 9.17. The summed E-state index contributed by atoms with van der Waals surface area (Å²) in [5.41, 5.74) is 1.73. The highest BCUT2D eigenvalue weighted by Gasteiger charge is 2.13. The van der Waals surface area contributed by atoms with Crippen LogP contribution >= 0.6 is 15.9 Å². The molecule has 25 heavy (non-hydrogen) atoms. The molecule has 0 bridgehead atoms. The van der Waals surface area contributed by atoms with Gasteiger partial charge in [0.15, 0.2) is 11.5 Å². The highest BCUT2D eigenvalue weighted by molar-refractivity contribution is 9.10. The first-order valence-electron chi connectivity index (χ1n) is 7.62. The molecule has 2 aromatic rings. The minimum absolute atomic E-state index is 0.114. The summed E-state index contributed by atoms with van der Waals surface area (Å²) in [4.78, 5) is 12.0. The number of nitrogens with one attached hydrogen (secondary N) is 2. The molecule has 7 heteroatoms. The summed E-state index contributed by atoms with van der Waals surface area (Å²) in [5, 5.41) is 5.93. The van der Waals surface area contributed by atoms with Crippen LogP contribution in [-0.2, 0) is 11.3 Å². The van der Waals surface area contributed by atoms with Gasteiger partial charge in [-0.3, -0.25) is 4.79 Å². The SMILES string of the molecule is COc1cc(CNC(=O)CNc2ccc(Br)cc2)cc(OC)c1OC. The Balaban J connectivity index is 1.93. The topological polar surface area (TPSA) is 68.8 Å². The van der Waals surface area contributed by atoms with Gasteiger partial charge in [0.2, 0.25) is 11.7 Å². The molecule has 0 aliphatic heterocycles. The Hall–Kier alpha value is -2.41. The number of hydrogen-bond acceptors (Lipinski definition) is 5. The zero-order valence-electron chi connectivity index (χ0n) is 14.4. The van der Waals surface area contributed by atoms with Gasteiger partial charge < -0.3 is 24.8 Å². The van der Waals surface area contributed by atoms with Crippen molar-refractivity contribution >= 4 is 27.5 Å². The molecule has 0 saturated carbocycles. The van der Waals surface area contributed by atoms with Crippen LogP contribution in [0.2, 0.25) is 0 Å². The molecule has 0 fully saturated rings. The van der Waals surface area contributed by atoms with Gasteiger partial charge in [0, 0.05) is 16.7 Å². The molecule has 0 unspecified atom stereocenters. The van der Waals surface area contributed by atoms with Gasteiger partial charge in [-0.05, 0) is 42.0 Å². The van der Waals surface area contributed by atoms with Crippen molar-refractivity contribution in [3.05, 3.63) is 46.4 Å². The van der Waals surface area contributed by atoms with Crippen molar-refractivity contribution in [1.29, 1.82) is 0 Å². The first-order valence-corrected chi connectivity index (χ1v) is 8.41. The molecule has 0 saturated heterocycles. The van der Waals surface area contributed by atoms with E-state index in [0.717, 1.165) is 15.7 Å². The summed E-state index contributed by atoms with van der Waals surface area (Å²) in [6, 6.07) is 11.2. The zero-order valence-corrected chi connectivity index (χ0v) is 16.0. The van der Waals surface area contributed by atoms with Crippen molar-refractivity contribution in [3.8, 4) is 17.2 Å². The van der Waals surface area contributed by atoms with Crippen molar-refractivity contribution in [2.75, 3.05) is 33.2 Å². The van der Waals surface area contributed by atoms with E-state index < -0.39 is 0 Å². The third kappa shape index (κ3) is 5.29. The molecule has 0 aromatic heterocycles. The number of ether oxygens (including phenoxy) is 3. The Labute approximate surface area is 155 Å². The van der Waals surface area contributed by atoms with Gasteiger partial charge in [0.25, 0.3) is 0 Å². The molecule has 2 aromatic carbocycles. The Bertz CT molecular complexity index is 695. The molecule has 0 aliphatic carbocycles. The maximum Gasteiger partial charge on any atom is 0.239 e. The van der Waals surface area contributed by atoms with E-state index in [1.807, 2.05) is 36.4 Å². The smallest absolute Gasteiger partial charge is 0.239 e. The van der Waals surface area contributed by atoms with Crippen LogP contribution in [-0.4, -0.2) is 33.8 Å². The Morgan fingerprint density at radius 2 is 1.60 bits per heavy atom. The number of halogens is 1. The number of hydrogen-bond donors (Lipinski definition) is 2. The van der Waals surface area contributed by atoms with Gasteiger partial charge in [-0.25, -0.2) is 0 Å². The average Bonchev–Trinajstić information content (AvgIpc) is 2.64. The van der Waals surface area contributed by atoms with Gasteiger partial charge >= 0.3 is 0 Å². The monoisotopic (exact) mass is 408 g/mol. The number of benzene rings is 2. The van der Waals surface area contributed by atoms with Crippen molar-refractivity contribution in [3.63, 3.8) is 0 Å². The lowest BCUT2D eigenvalue weighted by Crippen LogP contribution is -2.29. The van der Waals surface area contributed by atoms with Gasteiger partial charge in [-0.15, -0.1) is 0 Å². The van der Waals surface area contributed by atoms with Crippen molar-refractivity contribution in [2.45, 2.75) is 6.54 Å². The van der Waals surface area contributed by atoms with Crippen LogP contribution < -0.4 is 24.8 Å². The maximum absolute atomic E-state index is 12.0. The number of anilines is 1. The molecule has 0 atom stereocenters. The summed E-state index contributed by atoms with van der Waals surface area (Å²) in [7, 11) is 4.67. The lowest BCUT2D eigenvalue weighted by molar-refractivity contribution is -0.119. The number of methoxy groups -OCH3 is 3. The fraction of sp³-hybridized carbons (Fsp3) is 0.278. The first-order chi connectivity index (χ1) is 12.1. The van der Waals surface area contributed by atoms with E-state index in [4.69, 9.17) is 14.2 Å². The van der Waals surface area contributed by atoms with E-state index in [-0.39, 0.29) is 12.5 Å². The summed E-state index contributed by atoms with van der Waals surface area (Å²) in [5.74, 6) is 1.52. The fourth-order valence-corrected chi connectivity index (χ4v) is 2.52. The molecular weight excluding hydrogens is 388 g/mol. The minimum Gasteiger partial charge on any atom is -0.493 e. The van der Waals surface area contributed by atoms with Crippen LogP contribution in [0.3, 0.4) is 0 Å². The molecule has 6 nitrogen and oxygen atoms in total. The van der Waals surface area contributed by atoms with Gasteiger partial charge in [0.1, 0.15) is 0 Å². The van der Waals surface area contributed by atoms with E-state index >= 15 is 0 Å². The predicted molar refractivity (Wildman–Crippen MR) is 101 cm³/mol. The van der Waals surface area contributed by atoms with Crippen LogP contribution in [0.1, 0.15) is 5.56 Å². The van der Waals surface area contributed by atoms with Crippen molar-refractivity contribution in [2.24, 2.45) is 0 Å². The normalized spacial score (nSPS) is 10.1. The summed E-state index contributed by atoms with van der Waals surface area (Å²) >= 11 is 3.37. The maximum atomic E-state index is 12.0. The van der Waals surface area contributed by atoms with E-state index in [9.17, 15) is 4.79 Å². The number of rotatable bonds is 8. The first kappa shape index (κ1) is 18.9. The second-order valence-electron chi connectivity index (χ2n) is 5.17. The van der Waals surface area contributed by atoms with E-state index in [1.165, 1.54) is 0 Å². The fourth-order valence-electron chi connectivity index (χ4n) is 2.25. The van der Waals surface area contributed by atoms with E-state index in [1.54, 1.807) is 21.3 Å². The van der Waals surface area contributed by atoms with Crippen LogP contribution in [0.5, 0.6) is 17.2 Å². The number of carbonyl (C=O) groups is 1. The highest BCUT2D eigenvalue weighted by atomic mass is 79.9. The average molecular weight is 409 g/mol. The number of amides is 1. The summed E-state index contributed by atoms with van der Waals surface area (Å²) < 4.78 is 16.9. The van der Waals surface area contributed by atoms with Gasteiger partial charge in [0.05, 0.1) is 27.9 Å². The van der Waals surface area contributed by atoms with Crippen LogP contribution in [0.25, 0.3) is 0 Å². The summed E-state index contributed by atoms with van der Waals surface area (Å²) in [6.07, 6.45) is 0. The van der Waals surface area contributed by atoms with Crippen LogP contribution in [0, 0.1) is 0 Å². The predicted octanol–water partition coefficient (Wildman–Crippen LogP) is 3.20. The molecule has 0 heterocycles. The Kier molecular flexibility index (Phi) is 6.94. The summed E-state index contributed by atoms with van der Waals surface area (Å²) in [6.45, 7) is 0.545. The Morgan fingerprint density at radius 3 is 2.12 bits per heavy atom. The highest BCUT2D eigenvalue weighted by Crippen LogP contribution is 2.38. The second-order valence-corrected chi connectivity index (χ2v) is 6.09. The lowest BCUT2D eigenvalue weighted by atomic mass is 10.1. The van der Waals surface area contributed by atoms with Crippen molar-refractivity contribution in [1.82, 2.24) is 5.32 Å². The zero-order chi connectivity index (χ0) is 18.2. The third-order valence-corrected chi connectivity index (χ3v) is 4.04. The number of carbonyl (C=O) groups excluding carboxylic acids is 1. The molecule has 2 rings (SSSR count). The van der Waals surface area contributed by atoms with Crippen molar-refractivity contribution < 1.29 is 19.0 Å². The standard InChI is InChI=1S/C18H21BrN2O4/c1-23-15-8-12(9-16(24-2)18(15)25-3)10-21-17(22)11-20-14-6-4-13(19)5-7-14/h4-9,20H,10-11H2,1-3H3,(H,21,22). The van der Waals surface area contributed by atoms with Gasteiger partial charge in [-0.1, -0.05) is 15.9 Å². The molecule has 0 spiro atoms. The molecular formula is C18H21BrN2O4. The van der Waals surface area contributed by atoms with Gasteiger partial charge in [-0.2, -0.15) is 0 Å². The minimum atomic E-state index is -0.114. The molecule has 134 valence electrons.